The molecule has 0 aliphatic carbocycles. The van der Waals surface area contributed by atoms with Crippen molar-refractivity contribution in [2.45, 2.75) is 37.8 Å². The van der Waals surface area contributed by atoms with E-state index in [-0.39, 0.29) is 5.91 Å². The van der Waals surface area contributed by atoms with Crippen LogP contribution in [-0.2, 0) is 0 Å². The van der Waals surface area contributed by atoms with E-state index in [0.29, 0.717) is 34.3 Å². The number of piperidine rings is 1. The van der Waals surface area contributed by atoms with Gasteiger partial charge in [0.05, 0.1) is 16.3 Å². The van der Waals surface area contributed by atoms with Crippen LogP contribution in [0.4, 0.5) is 5.69 Å². The molecule has 2 unspecified atom stereocenters. The van der Waals surface area contributed by atoms with E-state index in [4.69, 9.17) is 17.3 Å². The largest absolute Gasteiger partial charge is 0.397 e. The van der Waals surface area contributed by atoms with Gasteiger partial charge in [0.1, 0.15) is 0 Å². The van der Waals surface area contributed by atoms with Gasteiger partial charge in [-0.1, -0.05) is 17.7 Å². The Morgan fingerprint density at radius 2 is 2.05 bits per heavy atom. The number of hydrogen-bond acceptors (Lipinski definition) is 3. The number of para-hydroxylation sites is 1. The van der Waals surface area contributed by atoms with Gasteiger partial charge in [-0.25, -0.2) is 0 Å². The standard InChI is InChI=1S/C16H22ClN3O/c1-20-11-5-6-12(20)8-10(7-11)9-19-16(21)13-3-2-4-14(17)15(13)18/h2-4,10-12H,5-9,18H2,1H3,(H,19,21). The van der Waals surface area contributed by atoms with Crippen molar-refractivity contribution >= 4 is 23.2 Å². The molecule has 1 amide bonds. The van der Waals surface area contributed by atoms with Gasteiger partial charge >= 0.3 is 0 Å². The molecule has 1 aromatic rings. The highest BCUT2D eigenvalue weighted by Crippen LogP contribution is 2.37. The van der Waals surface area contributed by atoms with E-state index in [2.05, 4.69) is 17.3 Å². The molecule has 114 valence electrons. The van der Waals surface area contributed by atoms with Crippen molar-refractivity contribution in [3.63, 3.8) is 0 Å². The van der Waals surface area contributed by atoms with Crippen molar-refractivity contribution in [2.75, 3.05) is 19.3 Å². The number of rotatable bonds is 3. The summed E-state index contributed by atoms with van der Waals surface area (Å²) in [5, 5.41) is 3.45. The Hall–Kier alpha value is -1.26. The zero-order valence-electron chi connectivity index (χ0n) is 12.3. The summed E-state index contributed by atoms with van der Waals surface area (Å²) in [6, 6.07) is 6.56. The Morgan fingerprint density at radius 1 is 1.38 bits per heavy atom. The molecule has 2 heterocycles. The van der Waals surface area contributed by atoms with Crippen molar-refractivity contribution in [2.24, 2.45) is 5.92 Å². The van der Waals surface area contributed by atoms with Crippen LogP contribution in [0.3, 0.4) is 0 Å². The Morgan fingerprint density at radius 3 is 2.71 bits per heavy atom. The summed E-state index contributed by atoms with van der Waals surface area (Å²) in [6.45, 7) is 0.728. The van der Waals surface area contributed by atoms with E-state index in [1.807, 2.05) is 0 Å². The number of nitrogens with one attached hydrogen (secondary N) is 1. The molecule has 4 nitrogen and oxygen atoms in total. The van der Waals surface area contributed by atoms with Crippen molar-refractivity contribution in [1.82, 2.24) is 10.2 Å². The van der Waals surface area contributed by atoms with Crippen LogP contribution in [0.2, 0.25) is 5.02 Å². The van der Waals surface area contributed by atoms with Crippen LogP contribution in [-0.4, -0.2) is 36.5 Å². The lowest BCUT2D eigenvalue weighted by Gasteiger charge is -2.36. The molecule has 3 rings (SSSR count). The predicted molar refractivity (Wildman–Crippen MR) is 85.5 cm³/mol. The number of carbonyl (C=O) groups excluding carboxylic acids is 1. The fraction of sp³-hybridized carbons (Fsp3) is 0.562. The molecule has 21 heavy (non-hydrogen) atoms. The van der Waals surface area contributed by atoms with E-state index in [9.17, 15) is 4.79 Å². The first-order valence-corrected chi connectivity index (χ1v) is 7.98. The van der Waals surface area contributed by atoms with Crippen LogP contribution in [0, 0.1) is 5.92 Å². The summed E-state index contributed by atoms with van der Waals surface area (Å²) in [7, 11) is 2.23. The first-order chi connectivity index (χ1) is 10.1. The molecule has 0 radical (unpaired) electrons. The average Bonchev–Trinajstić information content (AvgIpc) is 2.70. The van der Waals surface area contributed by atoms with Gasteiger partial charge in [0, 0.05) is 18.6 Å². The molecule has 2 bridgehead atoms. The minimum atomic E-state index is -0.124. The molecule has 0 aromatic heterocycles. The van der Waals surface area contributed by atoms with Crippen LogP contribution < -0.4 is 11.1 Å². The fourth-order valence-electron chi connectivity index (χ4n) is 3.76. The van der Waals surface area contributed by atoms with E-state index >= 15 is 0 Å². The van der Waals surface area contributed by atoms with Crippen molar-refractivity contribution in [1.29, 1.82) is 0 Å². The summed E-state index contributed by atoms with van der Waals surface area (Å²) >= 11 is 5.96. The highest BCUT2D eigenvalue weighted by Gasteiger charge is 2.38. The van der Waals surface area contributed by atoms with Crippen LogP contribution in [0.15, 0.2) is 18.2 Å². The first kappa shape index (κ1) is 14.7. The minimum Gasteiger partial charge on any atom is -0.397 e. The summed E-state index contributed by atoms with van der Waals surface area (Å²) in [5.41, 5.74) is 6.70. The number of carbonyl (C=O) groups is 1. The molecule has 0 spiro atoms. The molecule has 2 aliphatic rings. The SMILES string of the molecule is CN1C2CCC1CC(CNC(=O)c1cccc(Cl)c1N)C2. The lowest BCUT2D eigenvalue weighted by molar-refractivity contribution is 0.0918. The van der Waals surface area contributed by atoms with Gasteiger partial charge in [-0.3, -0.25) is 4.79 Å². The number of halogens is 1. The molecule has 1 aromatic carbocycles. The van der Waals surface area contributed by atoms with Crippen molar-refractivity contribution in [3.05, 3.63) is 28.8 Å². The first-order valence-electron chi connectivity index (χ1n) is 7.60. The number of anilines is 1. The van der Waals surface area contributed by atoms with Crippen LogP contribution in [0.25, 0.3) is 0 Å². The molecule has 2 atom stereocenters. The van der Waals surface area contributed by atoms with Crippen LogP contribution >= 0.6 is 11.6 Å². The molecule has 5 heteroatoms. The molecule has 3 N–H and O–H groups in total. The van der Waals surface area contributed by atoms with Gasteiger partial charge in [0.2, 0.25) is 0 Å². The predicted octanol–water partition coefficient (Wildman–Crippen LogP) is 2.52. The second kappa shape index (κ2) is 5.85. The van der Waals surface area contributed by atoms with E-state index in [1.54, 1.807) is 18.2 Å². The molecule has 0 saturated carbocycles. The second-order valence-electron chi connectivity index (χ2n) is 6.30. The van der Waals surface area contributed by atoms with Gasteiger partial charge in [-0.15, -0.1) is 0 Å². The lowest BCUT2D eigenvalue weighted by atomic mass is 9.91. The summed E-state index contributed by atoms with van der Waals surface area (Å²) in [4.78, 5) is 14.8. The van der Waals surface area contributed by atoms with Crippen molar-refractivity contribution < 1.29 is 4.79 Å². The maximum atomic E-state index is 12.2. The van der Waals surface area contributed by atoms with Gasteiger partial charge in [0.25, 0.3) is 5.91 Å². The van der Waals surface area contributed by atoms with Crippen molar-refractivity contribution in [3.8, 4) is 0 Å². The topological polar surface area (TPSA) is 58.4 Å². The molecular weight excluding hydrogens is 286 g/mol. The number of nitrogens with zero attached hydrogens (tertiary/aromatic N) is 1. The van der Waals surface area contributed by atoms with Gasteiger partial charge < -0.3 is 16.0 Å². The third-order valence-electron chi connectivity index (χ3n) is 5.04. The Labute approximate surface area is 130 Å². The van der Waals surface area contributed by atoms with E-state index in [0.717, 1.165) is 6.54 Å². The number of fused-ring (bicyclic) bond motifs is 2. The van der Waals surface area contributed by atoms with E-state index < -0.39 is 0 Å². The monoisotopic (exact) mass is 307 g/mol. The number of benzene rings is 1. The highest BCUT2D eigenvalue weighted by atomic mass is 35.5. The van der Waals surface area contributed by atoms with Gasteiger partial charge in [-0.2, -0.15) is 0 Å². The smallest absolute Gasteiger partial charge is 0.253 e. The molecule has 2 aliphatic heterocycles. The zero-order chi connectivity index (χ0) is 15.0. The number of nitrogens with two attached hydrogens (primary N) is 1. The maximum absolute atomic E-state index is 12.2. The summed E-state index contributed by atoms with van der Waals surface area (Å²) in [6.07, 6.45) is 4.95. The highest BCUT2D eigenvalue weighted by molar-refractivity contribution is 6.33. The average molecular weight is 308 g/mol. The van der Waals surface area contributed by atoms with E-state index in [1.165, 1.54) is 25.7 Å². The fourth-order valence-corrected chi connectivity index (χ4v) is 3.93. The zero-order valence-corrected chi connectivity index (χ0v) is 13.1. The number of nitrogen functional groups attached to an aromatic ring is 1. The third-order valence-corrected chi connectivity index (χ3v) is 5.37. The summed E-state index contributed by atoms with van der Waals surface area (Å²) in [5.74, 6) is 0.448. The quantitative estimate of drug-likeness (QED) is 0.844. The third kappa shape index (κ3) is 2.87. The van der Waals surface area contributed by atoms with Crippen LogP contribution in [0.5, 0.6) is 0 Å². The Bertz CT molecular complexity index is 534. The minimum absolute atomic E-state index is 0.124. The molecule has 2 fully saturated rings. The molecular formula is C16H22ClN3O. The Kier molecular flexibility index (Phi) is 4.09. The van der Waals surface area contributed by atoms with Crippen LogP contribution in [0.1, 0.15) is 36.0 Å². The van der Waals surface area contributed by atoms with Gasteiger partial charge in [-0.05, 0) is 50.8 Å². The molecule has 2 saturated heterocycles. The Balaban J connectivity index is 1.58. The second-order valence-corrected chi connectivity index (χ2v) is 6.71. The number of hydrogen-bond donors (Lipinski definition) is 2. The summed E-state index contributed by atoms with van der Waals surface area (Å²) < 4.78 is 0. The normalized spacial score (nSPS) is 28.6. The lowest BCUT2D eigenvalue weighted by Crippen LogP contribution is -2.43. The van der Waals surface area contributed by atoms with Gasteiger partial charge in [0.15, 0.2) is 0 Å². The maximum Gasteiger partial charge on any atom is 0.253 e. The number of amides is 1.